The number of piperidine rings is 1. The second-order valence-corrected chi connectivity index (χ2v) is 15.0. The Balaban J connectivity index is 0.857. The maximum atomic E-state index is 13.5. The fourth-order valence-electron chi connectivity index (χ4n) is 8.10. The van der Waals surface area contributed by atoms with Crippen molar-refractivity contribution in [1.82, 2.24) is 35.1 Å². The van der Waals surface area contributed by atoms with Crippen molar-refractivity contribution >= 4 is 52.0 Å². The predicted octanol–water partition coefficient (Wildman–Crippen LogP) is 4.09. The summed E-state index contributed by atoms with van der Waals surface area (Å²) < 4.78 is 7.45. The van der Waals surface area contributed by atoms with Gasteiger partial charge in [-0.2, -0.15) is 4.98 Å². The Bertz CT molecular complexity index is 2190. The molecule has 1 atom stereocenters. The van der Waals surface area contributed by atoms with E-state index in [0.717, 1.165) is 81.6 Å². The number of carbonyl (C=O) groups is 4. The highest BCUT2D eigenvalue weighted by molar-refractivity contribution is 6.01. The van der Waals surface area contributed by atoms with Gasteiger partial charge in [0.2, 0.25) is 17.8 Å². The third-order valence-electron chi connectivity index (χ3n) is 11.2. The molecule has 0 bridgehead atoms. The molecule has 4 aromatic rings. The average molecular weight is 764 g/mol. The van der Waals surface area contributed by atoms with E-state index in [4.69, 9.17) is 9.72 Å². The first-order chi connectivity index (χ1) is 27.0. The number of rotatable bonds is 13. The average Bonchev–Trinajstić information content (AvgIpc) is 3.71. The van der Waals surface area contributed by atoms with Gasteiger partial charge in [-0.3, -0.25) is 38.8 Å². The van der Waals surface area contributed by atoms with Crippen molar-refractivity contribution < 1.29 is 23.9 Å². The van der Waals surface area contributed by atoms with Crippen LogP contribution < -0.4 is 31.1 Å². The number of hydrogen-bond donors (Lipinski definition) is 3. The fourth-order valence-corrected chi connectivity index (χ4v) is 8.10. The van der Waals surface area contributed by atoms with Crippen LogP contribution in [-0.2, 0) is 14.4 Å². The Morgan fingerprint density at radius 1 is 0.964 bits per heavy atom. The van der Waals surface area contributed by atoms with E-state index < -0.39 is 5.92 Å². The quantitative estimate of drug-likeness (QED) is 0.101. The molecular formula is C41H49N9O6. The third-order valence-corrected chi connectivity index (χ3v) is 11.2. The number of benzene rings is 1. The molecule has 1 unspecified atom stereocenters. The molecule has 1 aromatic carbocycles. The number of hydrogen-bond acceptors (Lipinski definition) is 12. The molecule has 3 aliphatic rings. The van der Waals surface area contributed by atoms with E-state index >= 15 is 0 Å². The van der Waals surface area contributed by atoms with Crippen molar-refractivity contribution in [3.05, 3.63) is 75.3 Å². The number of aromatic nitrogens is 4. The van der Waals surface area contributed by atoms with Crippen LogP contribution in [0.25, 0.3) is 11.0 Å². The highest BCUT2D eigenvalue weighted by Crippen LogP contribution is 2.33. The molecule has 2 saturated heterocycles. The zero-order valence-electron chi connectivity index (χ0n) is 32.2. The van der Waals surface area contributed by atoms with E-state index in [1.807, 2.05) is 31.3 Å². The highest BCUT2D eigenvalue weighted by atomic mass is 16.5. The minimum atomic E-state index is -0.412. The second-order valence-electron chi connectivity index (χ2n) is 15.0. The lowest BCUT2D eigenvalue weighted by atomic mass is 9.88. The molecule has 15 nitrogen and oxygen atoms in total. The van der Waals surface area contributed by atoms with Crippen molar-refractivity contribution in [3.8, 4) is 5.75 Å². The largest absolute Gasteiger partial charge is 0.484 e. The van der Waals surface area contributed by atoms with E-state index in [-0.39, 0.29) is 47.3 Å². The summed E-state index contributed by atoms with van der Waals surface area (Å²) in [6, 6.07) is 9.36. The van der Waals surface area contributed by atoms with Gasteiger partial charge in [-0.15, -0.1) is 0 Å². The number of carbonyl (C=O) groups excluding carboxylic acids is 4. The molecular weight excluding hydrogens is 715 g/mol. The first-order valence-corrected chi connectivity index (χ1v) is 19.5. The molecule has 3 amide bonds. The summed E-state index contributed by atoms with van der Waals surface area (Å²) in [6.45, 7) is 9.87. The van der Waals surface area contributed by atoms with Crippen LogP contribution in [0.5, 0.6) is 5.75 Å². The van der Waals surface area contributed by atoms with Crippen molar-refractivity contribution in [2.45, 2.75) is 77.7 Å². The number of imide groups is 1. The third kappa shape index (κ3) is 8.57. The van der Waals surface area contributed by atoms with E-state index in [1.165, 1.54) is 6.92 Å². The van der Waals surface area contributed by atoms with E-state index in [9.17, 15) is 24.0 Å². The van der Waals surface area contributed by atoms with E-state index in [0.29, 0.717) is 53.5 Å². The molecule has 15 heteroatoms. The van der Waals surface area contributed by atoms with Crippen LogP contribution in [0.4, 0.5) is 17.5 Å². The Morgan fingerprint density at radius 2 is 1.75 bits per heavy atom. The number of ketones is 1. The highest BCUT2D eigenvalue weighted by Gasteiger charge is 2.30. The number of ether oxygens (including phenoxy) is 1. The number of nitrogens with one attached hydrogen (secondary N) is 3. The molecule has 0 radical (unpaired) electrons. The van der Waals surface area contributed by atoms with Gasteiger partial charge in [0.15, 0.2) is 12.4 Å². The lowest BCUT2D eigenvalue weighted by Gasteiger charge is -2.36. The molecule has 3 aromatic heterocycles. The van der Waals surface area contributed by atoms with Crippen molar-refractivity contribution in [2.75, 3.05) is 56.1 Å². The Kier molecular flexibility index (Phi) is 11.7. The molecule has 3 fully saturated rings. The van der Waals surface area contributed by atoms with Gasteiger partial charge in [0.25, 0.3) is 11.5 Å². The Labute approximate surface area is 325 Å². The first kappa shape index (κ1) is 38.6. The number of piperazine rings is 1. The summed E-state index contributed by atoms with van der Waals surface area (Å²) in [5, 5.41) is 9.23. The molecule has 294 valence electrons. The maximum Gasteiger partial charge on any atom is 0.263 e. The van der Waals surface area contributed by atoms with Gasteiger partial charge in [-0.25, -0.2) is 9.97 Å². The summed E-state index contributed by atoms with van der Waals surface area (Å²) >= 11 is 0. The molecule has 56 heavy (non-hydrogen) atoms. The second kappa shape index (κ2) is 17.0. The summed E-state index contributed by atoms with van der Waals surface area (Å²) in [7, 11) is 0. The van der Waals surface area contributed by atoms with Gasteiger partial charge in [0.1, 0.15) is 17.2 Å². The van der Waals surface area contributed by atoms with Crippen LogP contribution in [-0.4, -0.2) is 93.8 Å². The van der Waals surface area contributed by atoms with Crippen LogP contribution in [0.2, 0.25) is 0 Å². The Hall–Kier alpha value is -5.70. The molecule has 7 rings (SSSR count). The van der Waals surface area contributed by atoms with Crippen LogP contribution in [0.15, 0.2) is 47.5 Å². The standard InChI is InChI=1S/C41H49N9O6/c1-25-9-11-30(21-32(25)31-12-14-35(52)46-39(31)54)56-24-36(53)42-15-6-16-48-17-19-49(20-18-48)29-10-13-34(43-22-29)45-41-44-23-33-26(2)37(27(3)51)40(55)50(38(33)47-41)28-7-4-5-8-28/h9-11,13,21-23,28,31H,4-8,12,14-20,24H2,1-3H3,(H,42,53)(H,46,52,54)(H,43,44,45,47). The van der Waals surface area contributed by atoms with Crippen LogP contribution in [0.3, 0.4) is 0 Å². The molecule has 1 aliphatic carbocycles. The molecule has 0 spiro atoms. The summed E-state index contributed by atoms with van der Waals surface area (Å²) in [5.41, 5.74) is 3.83. The number of Topliss-reactive ketones (excluding diaryl/α,β-unsaturated/α-hetero) is 1. The number of pyridine rings is 2. The minimum absolute atomic E-state index is 0.00619. The topological polar surface area (TPSA) is 181 Å². The Morgan fingerprint density at radius 3 is 2.46 bits per heavy atom. The molecule has 3 N–H and O–H groups in total. The van der Waals surface area contributed by atoms with Gasteiger partial charge in [0, 0.05) is 56.8 Å². The lowest BCUT2D eigenvalue weighted by molar-refractivity contribution is -0.134. The smallest absolute Gasteiger partial charge is 0.263 e. The first-order valence-electron chi connectivity index (χ1n) is 19.5. The van der Waals surface area contributed by atoms with Gasteiger partial charge in [0.05, 0.1) is 23.4 Å². The number of anilines is 3. The summed E-state index contributed by atoms with van der Waals surface area (Å²) in [6.07, 6.45) is 8.91. The zero-order chi connectivity index (χ0) is 39.3. The fraction of sp³-hybridized carbons (Fsp3) is 0.463. The van der Waals surface area contributed by atoms with E-state index in [2.05, 4.69) is 35.7 Å². The number of aryl methyl sites for hydroxylation is 2. The lowest BCUT2D eigenvalue weighted by Crippen LogP contribution is -2.47. The summed E-state index contributed by atoms with van der Waals surface area (Å²) in [4.78, 5) is 81.0. The molecule has 2 aliphatic heterocycles. The number of nitrogens with zero attached hydrogens (tertiary/aromatic N) is 6. The van der Waals surface area contributed by atoms with Crippen molar-refractivity contribution in [1.29, 1.82) is 0 Å². The number of amides is 3. The zero-order valence-corrected chi connectivity index (χ0v) is 32.2. The van der Waals surface area contributed by atoms with Gasteiger partial charge in [-0.05, 0) is 94.0 Å². The molecule has 1 saturated carbocycles. The normalized spacial score (nSPS) is 17.9. The predicted molar refractivity (Wildman–Crippen MR) is 212 cm³/mol. The van der Waals surface area contributed by atoms with Crippen molar-refractivity contribution in [2.24, 2.45) is 0 Å². The molecule has 5 heterocycles. The minimum Gasteiger partial charge on any atom is -0.484 e. The van der Waals surface area contributed by atoms with Crippen LogP contribution >= 0.6 is 0 Å². The SMILES string of the molecule is CC(=O)c1c(C)c2cnc(Nc3ccc(N4CCN(CCCNC(=O)COc5ccc(C)c(C6CCC(=O)NC6=O)c5)CC4)cn3)nc2n(C2CCCC2)c1=O. The van der Waals surface area contributed by atoms with E-state index in [1.54, 1.807) is 29.8 Å². The monoisotopic (exact) mass is 763 g/mol. The van der Waals surface area contributed by atoms with Gasteiger partial charge in [-0.1, -0.05) is 18.9 Å². The summed E-state index contributed by atoms with van der Waals surface area (Å²) in [5.74, 6) is 0.00870. The van der Waals surface area contributed by atoms with Gasteiger partial charge >= 0.3 is 0 Å². The maximum absolute atomic E-state index is 13.5. The van der Waals surface area contributed by atoms with Crippen molar-refractivity contribution in [3.63, 3.8) is 0 Å². The van der Waals surface area contributed by atoms with Crippen LogP contribution in [0.1, 0.15) is 90.9 Å². The number of fused-ring (bicyclic) bond motifs is 1. The van der Waals surface area contributed by atoms with Crippen LogP contribution in [0, 0.1) is 13.8 Å². The van der Waals surface area contributed by atoms with Gasteiger partial charge < -0.3 is 20.3 Å².